The van der Waals surface area contributed by atoms with Crippen LogP contribution in [0.4, 0.5) is 5.69 Å². The van der Waals surface area contributed by atoms with Gasteiger partial charge in [-0.05, 0) is 38.1 Å². The second kappa shape index (κ2) is 7.97. The van der Waals surface area contributed by atoms with E-state index in [2.05, 4.69) is 9.80 Å². The number of hydrogen-bond acceptors (Lipinski definition) is 5. The van der Waals surface area contributed by atoms with E-state index in [1.54, 1.807) is 6.92 Å². The van der Waals surface area contributed by atoms with Crippen molar-refractivity contribution in [2.75, 3.05) is 57.3 Å². The number of hydrogen-bond donors (Lipinski definition) is 0. The fraction of sp³-hybridized carbons (Fsp3) is 0.579. The van der Waals surface area contributed by atoms with Crippen LogP contribution >= 0.6 is 0 Å². The second-order valence-corrected chi connectivity index (χ2v) is 6.89. The number of amides is 1. The number of rotatable bonds is 4. The Hall–Kier alpha value is -1.92. The molecule has 2 heterocycles. The zero-order valence-corrected chi connectivity index (χ0v) is 15.1. The van der Waals surface area contributed by atoms with Gasteiger partial charge in [-0.3, -0.25) is 14.5 Å². The van der Waals surface area contributed by atoms with E-state index in [0.717, 1.165) is 37.4 Å². The molecular weight excluding hydrogens is 318 g/mol. The zero-order valence-electron chi connectivity index (χ0n) is 15.1. The molecule has 6 heteroatoms. The Labute approximate surface area is 149 Å². The number of ketones is 1. The lowest BCUT2D eigenvalue weighted by molar-refractivity contribution is -0.139. The molecule has 2 aliphatic rings. The Bertz CT molecular complexity index is 609. The summed E-state index contributed by atoms with van der Waals surface area (Å²) in [7, 11) is 0. The normalized spacial score (nSPS) is 22.1. The Kier molecular flexibility index (Phi) is 5.71. The van der Waals surface area contributed by atoms with Crippen molar-refractivity contribution >= 4 is 17.4 Å². The van der Waals surface area contributed by atoms with Crippen LogP contribution in [-0.2, 0) is 9.53 Å². The van der Waals surface area contributed by atoms with Crippen LogP contribution < -0.4 is 4.90 Å². The number of morpholine rings is 1. The molecule has 0 N–H and O–H groups in total. The van der Waals surface area contributed by atoms with E-state index in [1.807, 2.05) is 36.1 Å². The van der Waals surface area contributed by atoms with E-state index in [4.69, 9.17) is 4.74 Å². The molecule has 2 fully saturated rings. The number of Topliss-reactive ketones (excluding diaryl/α,β-unsaturated/α-hetero) is 1. The van der Waals surface area contributed by atoms with Crippen molar-refractivity contribution in [1.82, 2.24) is 9.80 Å². The Morgan fingerprint density at radius 2 is 1.76 bits per heavy atom. The summed E-state index contributed by atoms with van der Waals surface area (Å²) in [6.07, 6.45) is 0.132. The molecule has 2 aliphatic heterocycles. The lowest BCUT2D eigenvalue weighted by atomic mass is 10.1. The number of ether oxygens (including phenoxy) is 1. The number of benzene rings is 1. The summed E-state index contributed by atoms with van der Waals surface area (Å²) in [6.45, 7) is 9.65. The average molecular weight is 345 g/mol. The van der Waals surface area contributed by atoms with Crippen LogP contribution in [-0.4, -0.2) is 80.0 Å². The maximum absolute atomic E-state index is 12.4. The van der Waals surface area contributed by atoms with Crippen molar-refractivity contribution in [2.45, 2.75) is 20.0 Å². The van der Waals surface area contributed by atoms with E-state index in [0.29, 0.717) is 26.2 Å². The highest BCUT2D eigenvalue weighted by Crippen LogP contribution is 2.18. The number of carbonyl (C=O) groups is 2. The summed E-state index contributed by atoms with van der Waals surface area (Å²) in [5, 5.41) is 0. The maximum Gasteiger partial charge on any atom is 0.236 e. The van der Waals surface area contributed by atoms with Crippen LogP contribution in [0.3, 0.4) is 0 Å². The molecular formula is C19H27N3O3. The van der Waals surface area contributed by atoms with E-state index >= 15 is 0 Å². The van der Waals surface area contributed by atoms with Crippen LogP contribution in [0.15, 0.2) is 24.3 Å². The SMILES string of the molecule is CC(=O)c1ccc(N2CCN(CC(=O)N3CCO[C@@H](C)C3)CC2)cc1. The van der Waals surface area contributed by atoms with Gasteiger partial charge in [0.15, 0.2) is 5.78 Å². The molecule has 0 unspecified atom stereocenters. The minimum Gasteiger partial charge on any atom is -0.375 e. The third-order valence-corrected chi connectivity index (χ3v) is 4.96. The fourth-order valence-corrected chi connectivity index (χ4v) is 3.41. The van der Waals surface area contributed by atoms with Gasteiger partial charge in [-0.25, -0.2) is 0 Å². The predicted octanol–water partition coefficient (Wildman–Crippen LogP) is 1.26. The molecule has 1 aromatic rings. The zero-order chi connectivity index (χ0) is 17.8. The molecule has 1 amide bonds. The molecule has 1 aromatic carbocycles. The van der Waals surface area contributed by atoms with Crippen molar-refractivity contribution in [1.29, 1.82) is 0 Å². The van der Waals surface area contributed by atoms with Crippen molar-refractivity contribution in [2.24, 2.45) is 0 Å². The molecule has 6 nitrogen and oxygen atoms in total. The highest BCUT2D eigenvalue weighted by atomic mass is 16.5. The molecule has 0 saturated carbocycles. The topological polar surface area (TPSA) is 53.1 Å². The van der Waals surface area contributed by atoms with Gasteiger partial charge < -0.3 is 14.5 Å². The molecule has 1 atom stereocenters. The summed E-state index contributed by atoms with van der Waals surface area (Å²) in [6, 6.07) is 7.78. The van der Waals surface area contributed by atoms with E-state index in [9.17, 15) is 9.59 Å². The third kappa shape index (κ3) is 4.58. The summed E-state index contributed by atoms with van der Waals surface area (Å²) in [4.78, 5) is 30.3. The van der Waals surface area contributed by atoms with Crippen LogP contribution in [0.2, 0.25) is 0 Å². The second-order valence-electron chi connectivity index (χ2n) is 6.89. The Morgan fingerprint density at radius 1 is 1.08 bits per heavy atom. The minimum absolute atomic E-state index is 0.0901. The molecule has 0 aromatic heterocycles. The van der Waals surface area contributed by atoms with Gasteiger partial charge in [0.1, 0.15) is 0 Å². The first-order chi connectivity index (χ1) is 12.0. The summed E-state index contributed by atoms with van der Waals surface area (Å²) >= 11 is 0. The molecule has 25 heavy (non-hydrogen) atoms. The highest BCUT2D eigenvalue weighted by molar-refractivity contribution is 5.94. The van der Waals surface area contributed by atoms with Crippen molar-refractivity contribution in [3.8, 4) is 0 Å². The fourth-order valence-electron chi connectivity index (χ4n) is 3.41. The Morgan fingerprint density at radius 3 is 2.36 bits per heavy atom. The van der Waals surface area contributed by atoms with Crippen molar-refractivity contribution in [3.05, 3.63) is 29.8 Å². The van der Waals surface area contributed by atoms with Crippen molar-refractivity contribution in [3.63, 3.8) is 0 Å². The standard InChI is InChI=1S/C19H27N3O3/c1-15-13-22(11-12-25-15)19(24)14-20-7-9-21(10-8-20)18-5-3-17(4-6-18)16(2)23/h3-6,15H,7-14H2,1-2H3/t15-/m0/s1. The minimum atomic E-state index is 0.0901. The van der Waals surface area contributed by atoms with Gasteiger partial charge in [-0.1, -0.05) is 0 Å². The molecule has 0 radical (unpaired) electrons. The summed E-state index contributed by atoms with van der Waals surface area (Å²) in [5.74, 6) is 0.293. The maximum atomic E-state index is 12.4. The van der Waals surface area contributed by atoms with Gasteiger partial charge >= 0.3 is 0 Å². The molecule has 0 spiro atoms. The first-order valence-corrected chi connectivity index (χ1v) is 9.00. The van der Waals surface area contributed by atoms with Crippen LogP contribution in [0.25, 0.3) is 0 Å². The Balaban J connectivity index is 1.48. The van der Waals surface area contributed by atoms with Crippen LogP contribution in [0.5, 0.6) is 0 Å². The van der Waals surface area contributed by atoms with Gasteiger partial charge in [-0.2, -0.15) is 0 Å². The van der Waals surface area contributed by atoms with Gasteiger partial charge in [0.25, 0.3) is 0 Å². The molecule has 136 valence electrons. The number of anilines is 1. The van der Waals surface area contributed by atoms with Crippen LogP contribution in [0.1, 0.15) is 24.2 Å². The van der Waals surface area contributed by atoms with Gasteiger partial charge in [0.2, 0.25) is 5.91 Å². The number of carbonyl (C=O) groups excluding carboxylic acids is 2. The first-order valence-electron chi connectivity index (χ1n) is 9.00. The summed E-state index contributed by atoms with van der Waals surface area (Å²) in [5.41, 5.74) is 1.88. The van der Waals surface area contributed by atoms with E-state index in [-0.39, 0.29) is 17.8 Å². The molecule has 0 bridgehead atoms. The highest BCUT2D eigenvalue weighted by Gasteiger charge is 2.25. The largest absolute Gasteiger partial charge is 0.375 e. The number of nitrogens with zero attached hydrogens (tertiary/aromatic N) is 3. The number of piperazine rings is 1. The smallest absolute Gasteiger partial charge is 0.236 e. The lowest BCUT2D eigenvalue weighted by Crippen LogP contribution is -2.52. The van der Waals surface area contributed by atoms with Crippen LogP contribution in [0, 0.1) is 0 Å². The average Bonchev–Trinajstić information content (AvgIpc) is 2.62. The molecule has 2 saturated heterocycles. The van der Waals surface area contributed by atoms with Gasteiger partial charge in [-0.15, -0.1) is 0 Å². The summed E-state index contributed by atoms with van der Waals surface area (Å²) < 4.78 is 5.50. The quantitative estimate of drug-likeness (QED) is 0.769. The predicted molar refractivity (Wildman–Crippen MR) is 97.1 cm³/mol. The van der Waals surface area contributed by atoms with E-state index in [1.165, 1.54) is 0 Å². The molecule has 3 rings (SSSR count). The molecule has 0 aliphatic carbocycles. The van der Waals surface area contributed by atoms with Gasteiger partial charge in [0.05, 0.1) is 19.3 Å². The lowest BCUT2D eigenvalue weighted by Gasteiger charge is -2.37. The van der Waals surface area contributed by atoms with Crippen molar-refractivity contribution < 1.29 is 14.3 Å². The monoisotopic (exact) mass is 345 g/mol. The third-order valence-electron chi connectivity index (χ3n) is 4.96. The van der Waals surface area contributed by atoms with Gasteiger partial charge in [0, 0.05) is 50.5 Å². The van der Waals surface area contributed by atoms with E-state index < -0.39 is 0 Å². The first kappa shape index (κ1) is 17.9.